The van der Waals surface area contributed by atoms with Crippen molar-refractivity contribution in [2.24, 2.45) is 0 Å². The van der Waals surface area contributed by atoms with Crippen molar-refractivity contribution < 1.29 is 23.1 Å². The highest BCUT2D eigenvalue weighted by Crippen LogP contribution is 2.19. The first kappa shape index (κ1) is 22.9. The number of carbonyl (C=O) groups is 2. The molecular weight excluding hydrogens is 414 g/mol. The number of amides is 2. The second-order valence-electron chi connectivity index (χ2n) is 7.27. The van der Waals surface area contributed by atoms with E-state index in [1.54, 1.807) is 31.2 Å². The largest absolute Gasteiger partial charge is 0.489 e. The van der Waals surface area contributed by atoms with Gasteiger partial charge in [0.25, 0.3) is 5.91 Å². The van der Waals surface area contributed by atoms with Crippen LogP contribution in [0.1, 0.15) is 28.4 Å². The molecular formula is C25H24F2N2O3. The van der Waals surface area contributed by atoms with E-state index in [0.717, 1.165) is 23.3 Å². The molecule has 0 bridgehead atoms. The van der Waals surface area contributed by atoms with Crippen LogP contribution >= 0.6 is 0 Å². The fourth-order valence-corrected chi connectivity index (χ4v) is 3.17. The summed E-state index contributed by atoms with van der Waals surface area (Å²) < 4.78 is 33.3. The molecule has 0 aliphatic carbocycles. The number of nitrogens with zero attached hydrogens (tertiary/aromatic N) is 1. The summed E-state index contributed by atoms with van der Waals surface area (Å²) in [5, 5.41) is 2.20. The molecule has 3 rings (SSSR count). The zero-order valence-electron chi connectivity index (χ0n) is 17.9. The Kier molecular flexibility index (Phi) is 7.54. The van der Waals surface area contributed by atoms with Gasteiger partial charge in [0.05, 0.1) is 0 Å². The van der Waals surface area contributed by atoms with Crippen molar-refractivity contribution in [3.8, 4) is 5.75 Å². The summed E-state index contributed by atoms with van der Waals surface area (Å²) in [7, 11) is 0. The number of hydrogen-bond donors (Lipinski definition) is 1. The maximum atomic E-state index is 13.8. The number of anilines is 1. The van der Waals surface area contributed by atoms with E-state index < -0.39 is 29.1 Å². The molecule has 166 valence electrons. The highest BCUT2D eigenvalue weighted by Gasteiger charge is 2.20. The third-order valence-electron chi connectivity index (χ3n) is 4.80. The molecule has 0 atom stereocenters. The molecule has 0 aromatic heterocycles. The van der Waals surface area contributed by atoms with Crippen molar-refractivity contribution in [1.29, 1.82) is 0 Å². The summed E-state index contributed by atoms with van der Waals surface area (Å²) in [4.78, 5) is 26.5. The van der Waals surface area contributed by atoms with E-state index in [0.29, 0.717) is 17.9 Å². The van der Waals surface area contributed by atoms with Gasteiger partial charge < -0.3 is 15.0 Å². The van der Waals surface area contributed by atoms with E-state index in [4.69, 9.17) is 4.74 Å². The van der Waals surface area contributed by atoms with Crippen LogP contribution in [0.15, 0.2) is 66.7 Å². The van der Waals surface area contributed by atoms with Crippen LogP contribution in [-0.4, -0.2) is 29.8 Å². The van der Waals surface area contributed by atoms with Gasteiger partial charge in [0.1, 0.15) is 36.2 Å². The number of ether oxygens (including phenoxy) is 1. The molecule has 32 heavy (non-hydrogen) atoms. The predicted octanol–water partition coefficient (Wildman–Crippen LogP) is 4.95. The molecule has 1 N–H and O–H groups in total. The van der Waals surface area contributed by atoms with Crippen LogP contribution in [0.5, 0.6) is 5.75 Å². The smallest absolute Gasteiger partial charge is 0.254 e. The first-order valence-corrected chi connectivity index (χ1v) is 10.2. The highest BCUT2D eigenvalue weighted by atomic mass is 19.1. The standard InChI is InChI=1S/C25H24F2N2O3/c1-3-29(15-23(30)28-24-21(26)11-6-12-22(24)27)25(31)19-9-5-10-20(14-19)32-16-18-8-4-7-17(2)13-18/h4-14H,3,15-16H2,1-2H3,(H,28,30). The van der Waals surface area contributed by atoms with Crippen molar-refractivity contribution in [2.75, 3.05) is 18.4 Å². The third kappa shape index (κ3) is 5.91. The minimum absolute atomic E-state index is 0.236. The molecule has 5 nitrogen and oxygen atoms in total. The maximum absolute atomic E-state index is 13.8. The summed E-state index contributed by atoms with van der Waals surface area (Å²) in [6, 6.07) is 17.9. The molecule has 0 heterocycles. The van der Waals surface area contributed by atoms with Gasteiger partial charge in [0.2, 0.25) is 5.91 Å². The topological polar surface area (TPSA) is 58.6 Å². The van der Waals surface area contributed by atoms with Gasteiger partial charge in [-0.2, -0.15) is 0 Å². The molecule has 3 aromatic rings. The van der Waals surface area contributed by atoms with Crippen LogP contribution in [0.2, 0.25) is 0 Å². The van der Waals surface area contributed by atoms with Gasteiger partial charge >= 0.3 is 0 Å². The van der Waals surface area contributed by atoms with Gasteiger partial charge in [-0.05, 0) is 49.7 Å². The van der Waals surface area contributed by atoms with E-state index >= 15 is 0 Å². The monoisotopic (exact) mass is 438 g/mol. The zero-order valence-corrected chi connectivity index (χ0v) is 17.9. The summed E-state index contributed by atoms with van der Waals surface area (Å²) in [6.45, 7) is 3.96. The van der Waals surface area contributed by atoms with Crippen molar-refractivity contribution in [3.63, 3.8) is 0 Å². The fourth-order valence-electron chi connectivity index (χ4n) is 3.17. The lowest BCUT2D eigenvalue weighted by atomic mass is 10.1. The number of hydrogen-bond acceptors (Lipinski definition) is 3. The van der Waals surface area contributed by atoms with E-state index in [-0.39, 0.29) is 13.1 Å². The molecule has 0 aliphatic rings. The van der Waals surface area contributed by atoms with E-state index in [1.807, 2.05) is 31.2 Å². The summed E-state index contributed by atoms with van der Waals surface area (Å²) in [5.41, 5.74) is 1.95. The number of halogens is 2. The minimum atomic E-state index is -0.883. The van der Waals surface area contributed by atoms with Crippen LogP contribution in [0.4, 0.5) is 14.5 Å². The molecule has 0 fully saturated rings. The number of likely N-dealkylation sites (N-methyl/N-ethyl adjacent to an activating group) is 1. The Morgan fingerprint density at radius 2 is 1.66 bits per heavy atom. The number of nitrogens with one attached hydrogen (secondary N) is 1. The lowest BCUT2D eigenvalue weighted by molar-refractivity contribution is -0.116. The van der Waals surface area contributed by atoms with Gasteiger partial charge in [-0.15, -0.1) is 0 Å². The third-order valence-corrected chi connectivity index (χ3v) is 4.80. The Balaban J connectivity index is 1.65. The normalized spacial score (nSPS) is 10.5. The van der Waals surface area contributed by atoms with E-state index in [1.165, 1.54) is 11.0 Å². The lowest BCUT2D eigenvalue weighted by Gasteiger charge is -2.21. The van der Waals surface area contributed by atoms with Crippen LogP contribution in [-0.2, 0) is 11.4 Å². The van der Waals surface area contributed by atoms with Crippen LogP contribution in [0, 0.1) is 18.6 Å². The number of aryl methyl sites for hydroxylation is 1. The maximum Gasteiger partial charge on any atom is 0.254 e. The number of para-hydroxylation sites is 1. The Labute approximate surface area is 185 Å². The van der Waals surface area contributed by atoms with Crippen molar-refractivity contribution >= 4 is 17.5 Å². The van der Waals surface area contributed by atoms with Crippen molar-refractivity contribution in [2.45, 2.75) is 20.5 Å². The molecule has 0 saturated heterocycles. The van der Waals surface area contributed by atoms with Crippen LogP contribution < -0.4 is 10.1 Å². The minimum Gasteiger partial charge on any atom is -0.489 e. The summed E-state index contributed by atoms with van der Waals surface area (Å²) in [6.07, 6.45) is 0. The number of rotatable bonds is 8. The first-order valence-electron chi connectivity index (χ1n) is 10.2. The Hall–Kier alpha value is -3.74. The SMILES string of the molecule is CCN(CC(=O)Nc1c(F)cccc1F)C(=O)c1cccc(OCc2cccc(C)c2)c1. The number of carbonyl (C=O) groups excluding carboxylic acids is 2. The second-order valence-corrected chi connectivity index (χ2v) is 7.27. The number of benzene rings is 3. The zero-order chi connectivity index (χ0) is 23.1. The van der Waals surface area contributed by atoms with Crippen molar-refractivity contribution in [1.82, 2.24) is 4.90 Å². The molecule has 0 spiro atoms. The lowest BCUT2D eigenvalue weighted by Crippen LogP contribution is -2.38. The Bertz CT molecular complexity index is 1100. The van der Waals surface area contributed by atoms with E-state index in [9.17, 15) is 18.4 Å². The van der Waals surface area contributed by atoms with Crippen LogP contribution in [0.3, 0.4) is 0 Å². The summed E-state index contributed by atoms with van der Waals surface area (Å²) in [5.74, 6) is -2.34. The van der Waals surface area contributed by atoms with Gasteiger partial charge in [-0.25, -0.2) is 8.78 Å². The van der Waals surface area contributed by atoms with Gasteiger partial charge in [-0.1, -0.05) is 42.0 Å². The van der Waals surface area contributed by atoms with Gasteiger partial charge in [-0.3, -0.25) is 9.59 Å². The average molecular weight is 438 g/mol. The van der Waals surface area contributed by atoms with E-state index in [2.05, 4.69) is 5.32 Å². The molecule has 0 aliphatic heterocycles. The Morgan fingerprint density at radius 1 is 0.969 bits per heavy atom. The first-order chi connectivity index (χ1) is 15.4. The molecule has 0 unspecified atom stereocenters. The molecule has 7 heteroatoms. The quantitative estimate of drug-likeness (QED) is 0.541. The summed E-state index contributed by atoms with van der Waals surface area (Å²) >= 11 is 0. The Morgan fingerprint density at radius 3 is 2.34 bits per heavy atom. The van der Waals surface area contributed by atoms with Gasteiger partial charge in [0, 0.05) is 12.1 Å². The predicted molar refractivity (Wildman–Crippen MR) is 119 cm³/mol. The molecule has 3 aromatic carbocycles. The highest BCUT2D eigenvalue weighted by molar-refractivity contribution is 5.99. The molecule has 0 radical (unpaired) electrons. The van der Waals surface area contributed by atoms with Crippen molar-refractivity contribution in [3.05, 3.63) is 95.1 Å². The average Bonchev–Trinajstić information content (AvgIpc) is 2.78. The van der Waals surface area contributed by atoms with Crippen LogP contribution in [0.25, 0.3) is 0 Å². The van der Waals surface area contributed by atoms with Gasteiger partial charge in [0.15, 0.2) is 0 Å². The molecule has 0 saturated carbocycles. The fraction of sp³-hybridized carbons (Fsp3) is 0.200. The molecule has 2 amide bonds. The second kappa shape index (κ2) is 10.5.